The van der Waals surface area contributed by atoms with E-state index < -0.39 is 132 Å². The first kappa shape index (κ1) is 37.2. The number of ether oxygens (including phenoxy) is 6. The van der Waals surface area contributed by atoms with Crippen molar-refractivity contribution in [2.24, 2.45) is 0 Å². The van der Waals surface area contributed by atoms with E-state index in [0.717, 1.165) is 7.11 Å². The van der Waals surface area contributed by atoms with Gasteiger partial charge in [-0.2, -0.15) is 21.6 Å². The number of hydrogen-bond donors (Lipinski definition) is 11. The van der Waals surface area contributed by atoms with Crippen LogP contribution in [0, 0.1) is 0 Å². The normalized spacial score (nSPS) is 43.9. The molecule has 258 valence electrons. The molecule has 0 aromatic rings. The third-order valence-corrected chi connectivity index (χ3v) is 7.84. The zero-order valence-electron chi connectivity index (χ0n) is 22.3. The number of hydrogen-bond acceptors (Lipinski definition) is 19. The minimum absolute atomic E-state index is 0.814. The second-order valence-corrected chi connectivity index (χ2v) is 12.0. The van der Waals surface area contributed by atoms with Crippen LogP contribution in [-0.4, -0.2) is 185 Å². The van der Waals surface area contributed by atoms with Gasteiger partial charge in [0.15, 0.2) is 25.0 Å². The molecule has 3 aliphatic rings. The van der Waals surface area contributed by atoms with E-state index >= 15 is 0 Å². The topological polar surface area (TPSA) is 364 Å². The Morgan fingerprint density at radius 2 is 1.43 bits per heavy atom. The van der Waals surface area contributed by atoms with Crippen molar-refractivity contribution in [1.29, 1.82) is 0 Å². The number of carboxylic acid groups (broad SMARTS) is 1. The van der Waals surface area contributed by atoms with Gasteiger partial charge in [0.2, 0.25) is 0 Å². The summed E-state index contributed by atoms with van der Waals surface area (Å²) in [5, 5.41) is 80.0. The number of aliphatic carboxylic acids is 1. The molecule has 0 aromatic carbocycles. The first-order valence-corrected chi connectivity index (χ1v) is 15.2. The minimum Gasteiger partial charge on any atom is -0.479 e. The molecule has 1 unspecified atom stereocenters. The van der Waals surface area contributed by atoms with Gasteiger partial charge in [-0.05, 0) is 0 Å². The van der Waals surface area contributed by atoms with Crippen molar-refractivity contribution in [3.63, 3.8) is 0 Å². The Balaban J connectivity index is 1.86. The van der Waals surface area contributed by atoms with Gasteiger partial charge >= 0.3 is 26.7 Å². The maximum atomic E-state index is 12.1. The van der Waals surface area contributed by atoms with Gasteiger partial charge in [0.1, 0.15) is 67.1 Å². The second kappa shape index (κ2) is 14.6. The second-order valence-electron chi connectivity index (χ2n) is 9.75. The summed E-state index contributed by atoms with van der Waals surface area (Å²) in [6, 6.07) is -2.22. The van der Waals surface area contributed by atoms with Crippen LogP contribution in [0.4, 0.5) is 0 Å². The Hall–Kier alpha value is -1.31. The van der Waals surface area contributed by atoms with Crippen LogP contribution in [0.5, 0.6) is 0 Å². The zero-order valence-corrected chi connectivity index (χ0v) is 23.9. The summed E-state index contributed by atoms with van der Waals surface area (Å²) in [5.74, 6) is -1.88. The summed E-state index contributed by atoms with van der Waals surface area (Å²) in [5.41, 5.74) is 0. The predicted octanol–water partition coefficient (Wildman–Crippen LogP) is -7.60. The molecule has 3 rings (SSSR count). The molecule has 0 aliphatic carbocycles. The molecular formula is C19H33NO22S2. The van der Waals surface area contributed by atoms with Crippen LogP contribution >= 0.6 is 0 Å². The standard InChI is InChI=1S/C19H33NO22S2/c1-36-12-4(2-21)39-18(6(20-43(30,31)32)13(12)42-44(33,34)35)40-14-9(24)11(26)19(41-15(14)16(27)28)37-3-5-7(22)8(23)10(25)17(29)38-5/h4-15,17-26,29H,2-3H2,1H3,(H,27,28)(H,30,31,32)(H,33,34,35)/t4-,5-,6-,7-,8+,9-,10-,11-,12-,13-,14+,15-,17?,18-,19-/m1/s1. The fraction of sp³-hybridized carbons (Fsp3) is 0.947. The molecule has 0 radical (unpaired) electrons. The molecule has 0 aromatic heterocycles. The lowest BCUT2D eigenvalue weighted by atomic mass is 9.95. The molecule has 15 atom stereocenters. The van der Waals surface area contributed by atoms with Crippen LogP contribution in [0.1, 0.15) is 0 Å². The van der Waals surface area contributed by atoms with Gasteiger partial charge in [0.05, 0.1) is 13.2 Å². The van der Waals surface area contributed by atoms with Crippen LogP contribution in [0.15, 0.2) is 0 Å². The average molecular weight is 692 g/mol. The van der Waals surface area contributed by atoms with E-state index in [4.69, 9.17) is 28.4 Å². The monoisotopic (exact) mass is 691 g/mol. The molecule has 3 heterocycles. The number of carbonyl (C=O) groups is 1. The molecular weight excluding hydrogens is 658 g/mol. The summed E-state index contributed by atoms with van der Waals surface area (Å²) < 4.78 is 102. The van der Waals surface area contributed by atoms with E-state index in [1.165, 1.54) is 4.72 Å². The Kier molecular flexibility index (Phi) is 12.4. The van der Waals surface area contributed by atoms with Crippen LogP contribution in [0.25, 0.3) is 0 Å². The summed E-state index contributed by atoms with van der Waals surface area (Å²) in [6.45, 7) is -1.81. The van der Waals surface area contributed by atoms with Gasteiger partial charge in [0, 0.05) is 7.11 Å². The molecule has 3 saturated heterocycles. The van der Waals surface area contributed by atoms with Crippen molar-refractivity contribution in [1.82, 2.24) is 4.72 Å². The van der Waals surface area contributed by atoms with Crippen molar-refractivity contribution >= 4 is 26.7 Å². The van der Waals surface area contributed by atoms with Crippen molar-refractivity contribution in [3.8, 4) is 0 Å². The number of aliphatic hydroxyl groups excluding tert-OH is 7. The third-order valence-electron chi connectivity index (χ3n) is 6.81. The number of nitrogens with one attached hydrogen (secondary N) is 1. The first-order valence-electron chi connectivity index (χ1n) is 12.4. The maximum Gasteiger partial charge on any atom is 0.397 e. The summed E-state index contributed by atoms with van der Waals surface area (Å²) in [7, 11) is -9.75. The van der Waals surface area contributed by atoms with Gasteiger partial charge < -0.3 is 69.3 Å². The molecule has 3 aliphatic heterocycles. The van der Waals surface area contributed by atoms with Crippen LogP contribution in [0.2, 0.25) is 0 Å². The highest BCUT2D eigenvalue weighted by molar-refractivity contribution is 7.83. The fourth-order valence-corrected chi connectivity index (χ4v) is 5.84. The predicted molar refractivity (Wildman–Crippen MR) is 129 cm³/mol. The Bertz CT molecular complexity index is 1190. The number of rotatable bonds is 12. The zero-order chi connectivity index (χ0) is 33.3. The summed E-state index contributed by atoms with van der Waals surface area (Å²) >= 11 is 0. The summed E-state index contributed by atoms with van der Waals surface area (Å²) in [4.78, 5) is 12.1. The highest BCUT2D eigenvalue weighted by Crippen LogP contribution is 2.33. The lowest BCUT2D eigenvalue weighted by Gasteiger charge is -2.47. The smallest absolute Gasteiger partial charge is 0.397 e. The Labute approximate surface area is 248 Å². The van der Waals surface area contributed by atoms with Crippen molar-refractivity contribution < 1.29 is 104 Å². The third kappa shape index (κ3) is 8.73. The van der Waals surface area contributed by atoms with Gasteiger partial charge in [-0.25, -0.2) is 8.98 Å². The largest absolute Gasteiger partial charge is 0.479 e. The quantitative estimate of drug-likeness (QED) is 0.0846. The van der Waals surface area contributed by atoms with E-state index in [0.29, 0.717) is 0 Å². The summed E-state index contributed by atoms with van der Waals surface area (Å²) in [6.07, 6.45) is -27.9. The molecule has 44 heavy (non-hydrogen) atoms. The molecule has 23 nitrogen and oxygen atoms in total. The lowest BCUT2D eigenvalue weighted by Crippen LogP contribution is -2.69. The van der Waals surface area contributed by atoms with Crippen molar-refractivity contribution in [3.05, 3.63) is 0 Å². The number of methoxy groups -OCH3 is 1. The van der Waals surface area contributed by atoms with Gasteiger partial charge in [-0.15, -0.1) is 0 Å². The Morgan fingerprint density at radius 1 is 0.795 bits per heavy atom. The number of carboxylic acids is 1. The van der Waals surface area contributed by atoms with E-state index in [1.807, 2.05) is 0 Å². The van der Waals surface area contributed by atoms with E-state index in [1.54, 1.807) is 0 Å². The van der Waals surface area contributed by atoms with E-state index in [2.05, 4.69) is 4.18 Å². The van der Waals surface area contributed by atoms with Crippen LogP contribution in [0.3, 0.4) is 0 Å². The molecule has 0 amide bonds. The first-order chi connectivity index (χ1) is 20.3. The van der Waals surface area contributed by atoms with Crippen LogP contribution in [-0.2, 0) is 58.1 Å². The van der Waals surface area contributed by atoms with Gasteiger partial charge in [-0.3, -0.25) is 9.11 Å². The molecule has 3 fully saturated rings. The maximum absolute atomic E-state index is 12.1. The molecule has 0 saturated carbocycles. The van der Waals surface area contributed by atoms with Crippen LogP contribution < -0.4 is 4.72 Å². The lowest BCUT2D eigenvalue weighted by molar-refractivity contribution is -0.347. The van der Waals surface area contributed by atoms with E-state index in [-0.39, 0.29) is 0 Å². The van der Waals surface area contributed by atoms with Gasteiger partial charge in [-0.1, -0.05) is 0 Å². The highest BCUT2D eigenvalue weighted by atomic mass is 32.3. The molecule has 0 spiro atoms. The van der Waals surface area contributed by atoms with E-state index in [9.17, 15) is 71.6 Å². The van der Waals surface area contributed by atoms with Gasteiger partial charge in [0.25, 0.3) is 0 Å². The molecule has 0 bridgehead atoms. The van der Waals surface area contributed by atoms with Crippen molar-refractivity contribution in [2.75, 3.05) is 20.3 Å². The SMILES string of the molecule is CO[C@H]1[C@H](OS(=O)(=O)O)[C@@H](NS(=O)(=O)O)[C@@H](O[C@H]2[C@H](O)[C@@H](O)[C@H](OC[C@H]3OC(O)[C@H](O)[C@@H](O)[C@@H]3O)O[C@H]2C(=O)O)O[C@@H]1CO. The average Bonchev–Trinajstić information content (AvgIpc) is 2.91. The fourth-order valence-electron chi connectivity index (χ4n) is 4.74. The number of aliphatic hydroxyl groups is 7. The van der Waals surface area contributed by atoms with Crippen molar-refractivity contribution in [2.45, 2.75) is 92.1 Å². The highest BCUT2D eigenvalue weighted by Gasteiger charge is 2.55. The Morgan fingerprint density at radius 3 is 1.95 bits per heavy atom. The molecule has 11 N–H and O–H groups in total. The minimum atomic E-state index is -5.41. The molecule has 25 heteroatoms.